The highest BCUT2D eigenvalue weighted by atomic mass is 32.2. The SMILES string of the molecule is C[C@@H]1C[C@H](C)CN(S(=O)(=O)c2ccc3c(c2)oc(=O)n3CC(=O)N[C@H]2CCCC[C@H]2C)C1. The number of carbonyl (C=O) groups is 1. The molecular formula is C23H33N3O5S. The number of rotatable bonds is 5. The van der Waals surface area contributed by atoms with Crippen LogP contribution in [-0.2, 0) is 21.4 Å². The van der Waals surface area contributed by atoms with E-state index in [1.165, 1.54) is 27.4 Å². The smallest absolute Gasteiger partial charge is 0.408 e. The molecule has 176 valence electrons. The fourth-order valence-corrected chi connectivity index (χ4v) is 6.93. The first kappa shape index (κ1) is 23.0. The molecule has 1 saturated heterocycles. The molecule has 1 aromatic heterocycles. The van der Waals surface area contributed by atoms with Gasteiger partial charge in [-0.2, -0.15) is 4.31 Å². The van der Waals surface area contributed by atoms with Crippen molar-refractivity contribution in [3.63, 3.8) is 0 Å². The number of hydrogen-bond acceptors (Lipinski definition) is 5. The largest absolute Gasteiger partial charge is 0.420 e. The molecule has 1 aromatic carbocycles. The average Bonchev–Trinajstić information content (AvgIpc) is 3.03. The van der Waals surface area contributed by atoms with Crippen molar-refractivity contribution in [2.24, 2.45) is 17.8 Å². The van der Waals surface area contributed by atoms with E-state index in [2.05, 4.69) is 26.1 Å². The van der Waals surface area contributed by atoms with E-state index < -0.39 is 15.8 Å². The predicted octanol–water partition coefficient (Wildman–Crippen LogP) is 2.96. The van der Waals surface area contributed by atoms with E-state index in [4.69, 9.17) is 4.42 Å². The van der Waals surface area contributed by atoms with Gasteiger partial charge >= 0.3 is 5.76 Å². The van der Waals surface area contributed by atoms with E-state index in [-0.39, 0.29) is 29.0 Å². The van der Waals surface area contributed by atoms with Crippen molar-refractivity contribution in [3.05, 3.63) is 28.7 Å². The summed E-state index contributed by atoms with van der Waals surface area (Å²) < 4.78 is 34.5. The standard InChI is InChI=1S/C23H33N3O5S/c1-15-10-16(2)13-25(12-15)32(29,30)18-8-9-20-21(11-18)31-23(28)26(20)14-22(27)24-19-7-5-4-6-17(19)3/h8-9,11,15-17,19H,4-7,10,12-14H2,1-3H3,(H,24,27)/t15-,16+,17-,19+/m1/s1. The number of sulfonamides is 1. The van der Waals surface area contributed by atoms with Crippen molar-refractivity contribution in [2.45, 2.75) is 70.4 Å². The van der Waals surface area contributed by atoms with Crippen LogP contribution < -0.4 is 11.1 Å². The van der Waals surface area contributed by atoms with Crippen molar-refractivity contribution >= 4 is 27.0 Å². The molecule has 0 spiro atoms. The zero-order valence-corrected chi connectivity index (χ0v) is 19.9. The molecule has 1 aliphatic carbocycles. The van der Waals surface area contributed by atoms with E-state index >= 15 is 0 Å². The van der Waals surface area contributed by atoms with Crippen molar-refractivity contribution in [1.29, 1.82) is 0 Å². The van der Waals surface area contributed by atoms with Crippen LogP contribution in [0.5, 0.6) is 0 Å². The molecule has 4 atom stereocenters. The van der Waals surface area contributed by atoms with Gasteiger partial charge in [-0.25, -0.2) is 13.2 Å². The van der Waals surface area contributed by atoms with E-state index in [1.807, 2.05) is 0 Å². The number of carbonyl (C=O) groups excluding carboxylic acids is 1. The van der Waals surface area contributed by atoms with Crippen LogP contribution in [0.3, 0.4) is 0 Å². The van der Waals surface area contributed by atoms with Gasteiger partial charge in [-0.3, -0.25) is 9.36 Å². The maximum absolute atomic E-state index is 13.2. The summed E-state index contributed by atoms with van der Waals surface area (Å²) in [5.41, 5.74) is 0.592. The molecule has 2 aliphatic rings. The molecule has 2 fully saturated rings. The van der Waals surface area contributed by atoms with Gasteiger partial charge in [0.15, 0.2) is 5.58 Å². The van der Waals surface area contributed by atoms with E-state index in [9.17, 15) is 18.0 Å². The Kier molecular flexibility index (Phi) is 6.49. The first-order valence-electron chi connectivity index (χ1n) is 11.6. The number of nitrogens with zero attached hydrogens (tertiary/aromatic N) is 2. The van der Waals surface area contributed by atoms with Crippen molar-refractivity contribution in [3.8, 4) is 0 Å². The number of amides is 1. The van der Waals surface area contributed by atoms with Crippen LogP contribution >= 0.6 is 0 Å². The van der Waals surface area contributed by atoms with Gasteiger partial charge in [0, 0.05) is 25.2 Å². The topological polar surface area (TPSA) is 102 Å². The van der Waals surface area contributed by atoms with E-state index in [1.54, 1.807) is 6.07 Å². The summed E-state index contributed by atoms with van der Waals surface area (Å²) in [5, 5.41) is 3.04. The number of piperidine rings is 1. The molecule has 8 nitrogen and oxygen atoms in total. The molecule has 1 amide bonds. The van der Waals surface area contributed by atoms with Gasteiger partial charge in [0.2, 0.25) is 15.9 Å². The molecule has 0 bridgehead atoms. The number of nitrogens with one attached hydrogen (secondary N) is 1. The van der Waals surface area contributed by atoms with Crippen LogP contribution in [0.25, 0.3) is 11.1 Å². The number of aromatic nitrogens is 1. The van der Waals surface area contributed by atoms with Gasteiger partial charge in [-0.05, 0) is 49.1 Å². The minimum atomic E-state index is -3.69. The Bertz CT molecular complexity index is 1140. The van der Waals surface area contributed by atoms with Gasteiger partial charge in [0.25, 0.3) is 0 Å². The summed E-state index contributed by atoms with van der Waals surface area (Å²) in [6.07, 6.45) is 5.31. The van der Waals surface area contributed by atoms with Gasteiger partial charge < -0.3 is 9.73 Å². The third kappa shape index (κ3) is 4.64. The second-order valence-electron chi connectivity index (χ2n) is 9.79. The van der Waals surface area contributed by atoms with E-state index in [0.717, 1.165) is 25.7 Å². The Morgan fingerprint density at radius 1 is 1.12 bits per heavy atom. The van der Waals surface area contributed by atoms with Gasteiger partial charge in [-0.1, -0.05) is 33.6 Å². The minimum Gasteiger partial charge on any atom is -0.408 e. The number of oxazole rings is 1. The van der Waals surface area contributed by atoms with Crippen LogP contribution in [-0.4, -0.2) is 42.3 Å². The lowest BCUT2D eigenvalue weighted by molar-refractivity contribution is -0.123. The second kappa shape index (κ2) is 9.02. The number of benzene rings is 1. The third-order valence-corrected chi connectivity index (χ3v) is 8.70. The van der Waals surface area contributed by atoms with Gasteiger partial charge in [-0.15, -0.1) is 0 Å². The summed E-state index contributed by atoms with van der Waals surface area (Å²) >= 11 is 0. The van der Waals surface area contributed by atoms with Crippen LogP contribution in [0.15, 0.2) is 32.3 Å². The first-order valence-corrected chi connectivity index (χ1v) is 13.0. The first-order chi connectivity index (χ1) is 15.1. The van der Waals surface area contributed by atoms with Gasteiger partial charge in [0.05, 0.1) is 10.4 Å². The number of fused-ring (bicyclic) bond motifs is 1. The molecular weight excluding hydrogens is 430 g/mol. The lowest BCUT2D eigenvalue weighted by Crippen LogP contribution is -2.43. The number of hydrogen-bond donors (Lipinski definition) is 1. The van der Waals surface area contributed by atoms with Crippen LogP contribution in [0.4, 0.5) is 0 Å². The molecule has 2 aromatic rings. The molecule has 4 rings (SSSR count). The maximum atomic E-state index is 13.2. The zero-order chi connectivity index (χ0) is 23.0. The predicted molar refractivity (Wildman–Crippen MR) is 122 cm³/mol. The second-order valence-corrected chi connectivity index (χ2v) is 11.7. The highest BCUT2D eigenvalue weighted by molar-refractivity contribution is 7.89. The van der Waals surface area contributed by atoms with Crippen molar-refractivity contribution < 1.29 is 17.6 Å². The molecule has 1 N–H and O–H groups in total. The summed E-state index contributed by atoms with van der Waals surface area (Å²) in [6, 6.07) is 4.57. The zero-order valence-electron chi connectivity index (χ0n) is 19.0. The Morgan fingerprint density at radius 3 is 2.50 bits per heavy atom. The Morgan fingerprint density at radius 2 is 1.81 bits per heavy atom. The Hall–Kier alpha value is -2.13. The minimum absolute atomic E-state index is 0.104. The fourth-order valence-electron chi connectivity index (χ4n) is 5.23. The van der Waals surface area contributed by atoms with E-state index in [0.29, 0.717) is 36.4 Å². The van der Waals surface area contributed by atoms with Crippen LogP contribution in [0, 0.1) is 17.8 Å². The van der Waals surface area contributed by atoms with Crippen LogP contribution in [0.1, 0.15) is 52.9 Å². The Balaban J connectivity index is 1.55. The highest BCUT2D eigenvalue weighted by Gasteiger charge is 2.32. The lowest BCUT2D eigenvalue weighted by atomic mass is 9.86. The molecule has 9 heteroatoms. The molecule has 1 saturated carbocycles. The summed E-state index contributed by atoms with van der Waals surface area (Å²) in [6.45, 7) is 7.06. The summed E-state index contributed by atoms with van der Waals surface area (Å²) in [5.74, 6) is 0.102. The van der Waals surface area contributed by atoms with Crippen molar-refractivity contribution in [2.75, 3.05) is 13.1 Å². The molecule has 2 heterocycles. The van der Waals surface area contributed by atoms with Crippen LogP contribution in [0.2, 0.25) is 0 Å². The molecule has 0 unspecified atom stereocenters. The summed E-state index contributed by atoms with van der Waals surface area (Å²) in [7, 11) is -3.69. The molecule has 0 radical (unpaired) electrons. The molecule has 32 heavy (non-hydrogen) atoms. The Labute approximate surface area is 189 Å². The lowest BCUT2D eigenvalue weighted by Gasteiger charge is -2.34. The van der Waals surface area contributed by atoms with Gasteiger partial charge in [0.1, 0.15) is 6.54 Å². The third-order valence-electron chi connectivity index (χ3n) is 6.87. The normalized spacial score (nSPS) is 27.5. The van der Waals surface area contributed by atoms with Crippen molar-refractivity contribution in [1.82, 2.24) is 14.2 Å². The monoisotopic (exact) mass is 463 g/mol. The maximum Gasteiger partial charge on any atom is 0.420 e. The highest BCUT2D eigenvalue weighted by Crippen LogP contribution is 2.28. The summed E-state index contributed by atoms with van der Waals surface area (Å²) in [4.78, 5) is 25.1. The average molecular weight is 464 g/mol. The quantitative estimate of drug-likeness (QED) is 0.735. The molecule has 1 aliphatic heterocycles. The fraction of sp³-hybridized carbons (Fsp3) is 0.652.